The lowest BCUT2D eigenvalue weighted by molar-refractivity contribution is 0.670. The van der Waals surface area contributed by atoms with Gasteiger partial charge in [0.05, 0.1) is 27.6 Å². The number of fused-ring (bicyclic) bond motifs is 11. The van der Waals surface area contributed by atoms with Gasteiger partial charge in [-0.3, -0.25) is 8.97 Å². The molecular formula is C38H22N4O. The highest BCUT2D eigenvalue weighted by molar-refractivity contribution is 6.13. The molecule has 0 N–H and O–H groups in total. The summed E-state index contributed by atoms with van der Waals surface area (Å²) in [5, 5.41) is 5.63. The average molecular weight is 551 g/mol. The van der Waals surface area contributed by atoms with Crippen LogP contribution in [0.3, 0.4) is 0 Å². The third kappa shape index (κ3) is 3.05. The molecule has 5 heteroatoms. The van der Waals surface area contributed by atoms with E-state index in [0.29, 0.717) is 0 Å². The number of aromatic nitrogens is 4. The molecule has 43 heavy (non-hydrogen) atoms. The molecule has 200 valence electrons. The Hall–Kier alpha value is -5.94. The predicted molar refractivity (Wildman–Crippen MR) is 175 cm³/mol. The van der Waals surface area contributed by atoms with Gasteiger partial charge >= 0.3 is 0 Å². The lowest BCUT2D eigenvalue weighted by Gasteiger charge is -2.13. The first-order valence-electron chi connectivity index (χ1n) is 14.4. The molecule has 6 aromatic carbocycles. The molecule has 4 aromatic heterocycles. The first kappa shape index (κ1) is 22.7. The molecule has 4 heterocycles. The van der Waals surface area contributed by atoms with Gasteiger partial charge in [0.2, 0.25) is 5.95 Å². The molecule has 0 atom stereocenters. The molecule has 0 spiro atoms. The van der Waals surface area contributed by atoms with E-state index in [1.54, 1.807) is 0 Å². The minimum atomic E-state index is 0.813. The van der Waals surface area contributed by atoms with Crippen LogP contribution in [-0.4, -0.2) is 18.9 Å². The molecule has 0 saturated heterocycles. The van der Waals surface area contributed by atoms with Gasteiger partial charge in [0.15, 0.2) is 0 Å². The normalized spacial score (nSPS) is 12.2. The van der Waals surface area contributed by atoms with Crippen molar-refractivity contribution >= 4 is 71.3 Å². The highest BCUT2D eigenvalue weighted by Crippen LogP contribution is 2.39. The summed E-state index contributed by atoms with van der Waals surface area (Å²) in [5.41, 5.74) is 9.91. The highest BCUT2D eigenvalue weighted by Gasteiger charge is 2.21. The van der Waals surface area contributed by atoms with Crippen molar-refractivity contribution in [1.29, 1.82) is 0 Å². The van der Waals surface area contributed by atoms with Crippen LogP contribution in [0.5, 0.6) is 0 Å². The van der Waals surface area contributed by atoms with Crippen molar-refractivity contribution in [1.82, 2.24) is 18.9 Å². The number of nitrogens with zero attached hydrogens (tertiary/aromatic N) is 4. The van der Waals surface area contributed by atoms with Crippen molar-refractivity contribution in [3.05, 3.63) is 133 Å². The zero-order valence-electron chi connectivity index (χ0n) is 22.9. The molecule has 5 nitrogen and oxygen atoms in total. The molecule has 0 saturated carbocycles. The van der Waals surface area contributed by atoms with Gasteiger partial charge in [-0.05, 0) is 48.0 Å². The predicted octanol–water partition coefficient (Wildman–Crippen LogP) is 9.70. The Morgan fingerprint density at radius 1 is 0.488 bits per heavy atom. The van der Waals surface area contributed by atoms with Gasteiger partial charge in [0.25, 0.3) is 0 Å². The number of imidazole rings is 1. The molecule has 0 fully saturated rings. The summed E-state index contributed by atoms with van der Waals surface area (Å²) in [7, 11) is 0. The third-order valence-corrected chi connectivity index (χ3v) is 8.72. The van der Waals surface area contributed by atoms with Gasteiger partial charge in [0.1, 0.15) is 16.8 Å². The van der Waals surface area contributed by atoms with Gasteiger partial charge < -0.3 is 4.42 Å². The van der Waals surface area contributed by atoms with E-state index in [-0.39, 0.29) is 0 Å². The van der Waals surface area contributed by atoms with Gasteiger partial charge in [-0.15, -0.1) is 0 Å². The van der Waals surface area contributed by atoms with Crippen LogP contribution < -0.4 is 0 Å². The first-order chi connectivity index (χ1) is 21.3. The lowest BCUT2D eigenvalue weighted by atomic mass is 10.0. The second-order valence-electron chi connectivity index (χ2n) is 11.1. The molecule has 0 aliphatic heterocycles. The molecule has 0 amide bonds. The van der Waals surface area contributed by atoms with Gasteiger partial charge in [-0.25, -0.2) is 9.97 Å². The Bertz CT molecular complexity index is 2740. The third-order valence-electron chi connectivity index (χ3n) is 8.72. The Balaban J connectivity index is 1.35. The van der Waals surface area contributed by atoms with Crippen LogP contribution in [0.2, 0.25) is 0 Å². The van der Waals surface area contributed by atoms with Crippen molar-refractivity contribution in [2.45, 2.75) is 0 Å². The maximum Gasteiger partial charge on any atom is 0.221 e. The van der Waals surface area contributed by atoms with Crippen LogP contribution in [0.4, 0.5) is 0 Å². The summed E-state index contributed by atoms with van der Waals surface area (Å²) in [6.07, 6.45) is 0. The quantitative estimate of drug-likeness (QED) is 0.215. The van der Waals surface area contributed by atoms with Crippen molar-refractivity contribution < 1.29 is 4.42 Å². The Kier molecular flexibility index (Phi) is 4.39. The second-order valence-corrected chi connectivity index (χ2v) is 11.1. The number of hydrogen-bond donors (Lipinski definition) is 0. The molecule has 0 bridgehead atoms. The average Bonchev–Trinajstić information content (AvgIpc) is 3.74. The van der Waals surface area contributed by atoms with Crippen molar-refractivity contribution in [3.63, 3.8) is 0 Å². The number of para-hydroxylation sites is 6. The van der Waals surface area contributed by atoms with E-state index < -0.39 is 0 Å². The van der Waals surface area contributed by atoms with E-state index in [2.05, 4.69) is 118 Å². The summed E-state index contributed by atoms with van der Waals surface area (Å²) >= 11 is 0. The fraction of sp³-hybridized carbons (Fsp3) is 0. The maximum atomic E-state index is 6.44. The van der Waals surface area contributed by atoms with E-state index in [1.807, 2.05) is 24.3 Å². The molecule has 10 rings (SSSR count). The molecule has 0 unspecified atom stereocenters. The van der Waals surface area contributed by atoms with Crippen LogP contribution in [0.25, 0.3) is 88.4 Å². The largest absolute Gasteiger partial charge is 0.455 e. The van der Waals surface area contributed by atoms with E-state index in [0.717, 1.165) is 77.6 Å². The van der Waals surface area contributed by atoms with Crippen molar-refractivity contribution in [2.75, 3.05) is 0 Å². The Labute approximate surface area is 244 Å². The van der Waals surface area contributed by atoms with E-state index in [1.165, 1.54) is 10.8 Å². The standard InChI is InChI=1S/C38H22N4O/c1-4-15-30-29(12-1)37-39-31-16-5-7-18-33(31)42(37)38(40-30)41-32-17-6-2-10-25(32)26-21-20-23(22-34(26)41)24-13-9-14-28-27-11-3-8-19-35(27)43-36(24)28/h1-22H. The molecular weight excluding hydrogens is 528 g/mol. The molecule has 10 aromatic rings. The molecule has 0 aliphatic carbocycles. The summed E-state index contributed by atoms with van der Waals surface area (Å²) in [5.74, 6) is 0.813. The second kappa shape index (κ2) is 8.30. The summed E-state index contributed by atoms with van der Waals surface area (Å²) in [6.45, 7) is 0. The van der Waals surface area contributed by atoms with Crippen LogP contribution in [-0.2, 0) is 0 Å². The summed E-state index contributed by atoms with van der Waals surface area (Å²) in [4.78, 5) is 10.4. The Morgan fingerprint density at radius 2 is 1.19 bits per heavy atom. The molecule has 0 aliphatic rings. The van der Waals surface area contributed by atoms with E-state index in [9.17, 15) is 0 Å². The van der Waals surface area contributed by atoms with Crippen LogP contribution >= 0.6 is 0 Å². The number of hydrogen-bond acceptors (Lipinski definition) is 3. The van der Waals surface area contributed by atoms with Crippen LogP contribution in [0, 0.1) is 0 Å². The van der Waals surface area contributed by atoms with Crippen molar-refractivity contribution in [2.24, 2.45) is 0 Å². The van der Waals surface area contributed by atoms with Gasteiger partial charge in [0, 0.05) is 32.5 Å². The summed E-state index contributed by atoms with van der Waals surface area (Å²) in [6, 6.07) is 46.5. The minimum Gasteiger partial charge on any atom is -0.455 e. The minimum absolute atomic E-state index is 0.813. The smallest absolute Gasteiger partial charge is 0.221 e. The fourth-order valence-corrected chi connectivity index (χ4v) is 6.81. The zero-order valence-corrected chi connectivity index (χ0v) is 22.9. The van der Waals surface area contributed by atoms with Gasteiger partial charge in [-0.1, -0.05) is 91.0 Å². The monoisotopic (exact) mass is 550 g/mol. The maximum absolute atomic E-state index is 6.44. The number of benzene rings is 6. The summed E-state index contributed by atoms with van der Waals surface area (Å²) < 4.78 is 10.9. The lowest BCUT2D eigenvalue weighted by Crippen LogP contribution is -2.06. The molecule has 0 radical (unpaired) electrons. The topological polar surface area (TPSA) is 48.3 Å². The SMILES string of the molecule is c1ccc2c(c1)nc(-n1c3ccccc3c3ccc(-c4cccc5c4oc4ccccc45)cc31)n1c3ccccc3nc21. The van der Waals surface area contributed by atoms with E-state index in [4.69, 9.17) is 14.4 Å². The van der Waals surface area contributed by atoms with Crippen LogP contribution in [0.1, 0.15) is 0 Å². The zero-order chi connectivity index (χ0) is 28.1. The number of rotatable bonds is 2. The van der Waals surface area contributed by atoms with Crippen molar-refractivity contribution in [3.8, 4) is 17.1 Å². The fourth-order valence-electron chi connectivity index (χ4n) is 6.81. The van der Waals surface area contributed by atoms with Crippen LogP contribution in [0.15, 0.2) is 138 Å². The highest BCUT2D eigenvalue weighted by atomic mass is 16.3. The first-order valence-corrected chi connectivity index (χ1v) is 14.4. The number of furan rings is 1. The Morgan fingerprint density at radius 3 is 2.09 bits per heavy atom. The van der Waals surface area contributed by atoms with E-state index >= 15 is 0 Å². The van der Waals surface area contributed by atoms with Gasteiger partial charge in [-0.2, -0.15) is 0 Å².